The maximum absolute atomic E-state index is 12.1. The molecule has 0 unspecified atom stereocenters. The second kappa shape index (κ2) is 9.56. The quantitative estimate of drug-likeness (QED) is 0.549. The number of rotatable bonds is 8. The van der Waals surface area contributed by atoms with Crippen molar-refractivity contribution in [3.05, 3.63) is 52.5 Å². The van der Waals surface area contributed by atoms with E-state index in [2.05, 4.69) is 31.3 Å². The number of hydrogen-bond acceptors (Lipinski definition) is 5. The first-order chi connectivity index (χ1) is 13.2. The fraction of sp³-hybridized carbons (Fsp3) is 0.222. The largest absolute Gasteiger partial charge is 0.494 e. The Labute approximate surface area is 171 Å². The number of carbonyl (C=O) groups excluding carboxylic acids is 2. The summed E-state index contributed by atoms with van der Waals surface area (Å²) in [6.45, 7) is 1.30. The number of amides is 2. The highest BCUT2D eigenvalue weighted by Crippen LogP contribution is 2.28. The number of halogens is 1. The minimum atomic E-state index is -3.46. The van der Waals surface area contributed by atoms with Gasteiger partial charge in [0.25, 0.3) is 5.91 Å². The molecule has 3 N–H and O–H groups in total. The van der Waals surface area contributed by atoms with Gasteiger partial charge in [-0.15, -0.1) is 0 Å². The Bertz CT molecular complexity index is 979. The lowest BCUT2D eigenvalue weighted by atomic mass is 10.2. The molecule has 0 saturated carbocycles. The number of ether oxygens (including phenoxy) is 1. The van der Waals surface area contributed by atoms with E-state index in [0.29, 0.717) is 11.3 Å². The van der Waals surface area contributed by atoms with E-state index in [0.717, 1.165) is 4.47 Å². The molecule has 28 heavy (non-hydrogen) atoms. The third kappa shape index (κ3) is 6.24. The Morgan fingerprint density at radius 1 is 1.14 bits per heavy atom. The summed E-state index contributed by atoms with van der Waals surface area (Å²) in [6, 6.07) is 11.3. The summed E-state index contributed by atoms with van der Waals surface area (Å²) in [5, 5.41) is 5.15. The van der Waals surface area contributed by atoms with E-state index in [4.69, 9.17) is 4.74 Å². The van der Waals surface area contributed by atoms with Crippen LogP contribution in [0.3, 0.4) is 0 Å². The Hall–Kier alpha value is -2.59. The van der Waals surface area contributed by atoms with Crippen molar-refractivity contribution in [2.45, 2.75) is 6.92 Å². The van der Waals surface area contributed by atoms with Gasteiger partial charge in [0.05, 0.1) is 25.1 Å². The van der Waals surface area contributed by atoms with E-state index in [9.17, 15) is 18.0 Å². The molecule has 10 heteroatoms. The van der Waals surface area contributed by atoms with E-state index < -0.39 is 15.9 Å². The number of hydrogen-bond donors (Lipinski definition) is 3. The molecule has 0 bridgehead atoms. The first-order valence-electron chi connectivity index (χ1n) is 8.26. The van der Waals surface area contributed by atoms with Crippen LogP contribution >= 0.6 is 15.9 Å². The minimum Gasteiger partial charge on any atom is -0.494 e. The first kappa shape index (κ1) is 21.7. The molecule has 0 aliphatic heterocycles. The predicted molar refractivity (Wildman–Crippen MR) is 111 cm³/mol. The van der Waals surface area contributed by atoms with Gasteiger partial charge < -0.3 is 15.4 Å². The van der Waals surface area contributed by atoms with Crippen molar-refractivity contribution in [1.82, 2.24) is 5.32 Å². The SMILES string of the molecule is CCS(=O)(=O)Nc1ccc(NC(=O)CNC(=O)c2cccc(Br)c2)cc1OC. The zero-order valence-electron chi connectivity index (χ0n) is 15.3. The van der Waals surface area contributed by atoms with Crippen molar-refractivity contribution in [2.75, 3.05) is 29.4 Å². The lowest BCUT2D eigenvalue weighted by molar-refractivity contribution is -0.115. The number of nitrogens with one attached hydrogen (secondary N) is 3. The Morgan fingerprint density at radius 3 is 2.54 bits per heavy atom. The van der Waals surface area contributed by atoms with Crippen LogP contribution in [0.25, 0.3) is 0 Å². The summed E-state index contributed by atoms with van der Waals surface area (Å²) in [5.41, 5.74) is 1.10. The summed E-state index contributed by atoms with van der Waals surface area (Å²) in [6.07, 6.45) is 0. The molecular weight excluding hydrogens is 450 g/mol. The molecule has 150 valence electrons. The molecule has 0 heterocycles. The average Bonchev–Trinajstić information content (AvgIpc) is 2.67. The van der Waals surface area contributed by atoms with Gasteiger partial charge in [0.2, 0.25) is 15.9 Å². The van der Waals surface area contributed by atoms with Gasteiger partial charge in [-0.1, -0.05) is 22.0 Å². The number of carbonyl (C=O) groups is 2. The molecule has 0 aliphatic rings. The normalized spacial score (nSPS) is 10.8. The van der Waals surface area contributed by atoms with E-state index in [1.54, 1.807) is 24.3 Å². The molecule has 8 nitrogen and oxygen atoms in total. The summed E-state index contributed by atoms with van der Waals surface area (Å²) in [7, 11) is -2.07. The van der Waals surface area contributed by atoms with Gasteiger partial charge in [-0.05, 0) is 37.3 Å². The highest BCUT2D eigenvalue weighted by atomic mass is 79.9. The summed E-state index contributed by atoms with van der Waals surface area (Å²) < 4.78 is 31.8. The highest BCUT2D eigenvalue weighted by Gasteiger charge is 2.13. The zero-order valence-corrected chi connectivity index (χ0v) is 17.7. The Kier molecular flexibility index (Phi) is 7.41. The Morgan fingerprint density at radius 2 is 1.89 bits per heavy atom. The summed E-state index contributed by atoms with van der Waals surface area (Å²) in [4.78, 5) is 24.2. The Balaban J connectivity index is 1.99. The van der Waals surface area contributed by atoms with Crippen molar-refractivity contribution in [2.24, 2.45) is 0 Å². The average molecular weight is 470 g/mol. The second-order valence-electron chi connectivity index (χ2n) is 5.66. The number of sulfonamides is 1. The number of benzene rings is 2. The van der Waals surface area contributed by atoms with Crippen LogP contribution in [0, 0.1) is 0 Å². The molecule has 2 aromatic carbocycles. The van der Waals surface area contributed by atoms with Crippen LogP contribution in [0.5, 0.6) is 5.75 Å². The molecule has 2 rings (SSSR count). The molecular formula is C18H20BrN3O5S. The van der Waals surface area contributed by atoms with Gasteiger partial charge >= 0.3 is 0 Å². The van der Waals surface area contributed by atoms with E-state index in [-0.39, 0.29) is 29.6 Å². The van der Waals surface area contributed by atoms with E-state index in [1.807, 2.05) is 0 Å². The minimum absolute atomic E-state index is 0.0771. The standard InChI is InChI=1S/C18H20BrN3O5S/c1-3-28(25,26)22-15-8-7-14(10-16(15)27-2)21-17(23)11-20-18(24)12-5-4-6-13(19)9-12/h4-10,22H,3,11H2,1-2H3,(H,20,24)(H,21,23). The molecule has 0 saturated heterocycles. The van der Waals surface area contributed by atoms with E-state index >= 15 is 0 Å². The van der Waals surface area contributed by atoms with Gasteiger partial charge in [0, 0.05) is 21.8 Å². The topological polar surface area (TPSA) is 114 Å². The highest BCUT2D eigenvalue weighted by molar-refractivity contribution is 9.10. The van der Waals surface area contributed by atoms with Gasteiger partial charge in [-0.3, -0.25) is 14.3 Å². The molecule has 0 fully saturated rings. The van der Waals surface area contributed by atoms with Crippen molar-refractivity contribution in [3.8, 4) is 5.75 Å². The molecule has 0 aliphatic carbocycles. The van der Waals surface area contributed by atoms with Crippen LogP contribution in [0.1, 0.15) is 17.3 Å². The van der Waals surface area contributed by atoms with Gasteiger partial charge in [0.1, 0.15) is 5.75 Å². The van der Waals surface area contributed by atoms with Gasteiger partial charge in [-0.2, -0.15) is 0 Å². The van der Waals surface area contributed by atoms with Crippen LogP contribution < -0.4 is 20.1 Å². The monoisotopic (exact) mass is 469 g/mol. The lowest BCUT2D eigenvalue weighted by Gasteiger charge is -2.13. The summed E-state index contributed by atoms with van der Waals surface area (Å²) >= 11 is 3.28. The smallest absolute Gasteiger partial charge is 0.251 e. The molecule has 0 aromatic heterocycles. The van der Waals surface area contributed by atoms with Gasteiger partial charge in [-0.25, -0.2) is 8.42 Å². The number of methoxy groups -OCH3 is 1. The fourth-order valence-corrected chi connectivity index (χ4v) is 3.24. The molecule has 2 aromatic rings. The van der Waals surface area contributed by atoms with Crippen molar-refractivity contribution in [3.63, 3.8) is 0 Å². The summed E-state index contributed by atoms with van der Waals surface area (Å²) in [5.74, 6) is -0.634. The fourth-order valence-electron chi connectivity index (χ4n) is 2.19. The third-order valence-electron chi connectivity index (χ3n) is 3.63. The zero-order chi connectivity index (χ0) is 20.7. The van der Waals surface area contributed by atoms with Crippen molar-refractivity contribution < 1.29 is 22.7 Å². The van der Waals surface area contributed by atoms with Crippen LogP contribution in [-0.2, 0) is 14.8 Å². The maximum atomic E-state index is 12.1. The molecule has 0 atom stereocenters. The van der Waals surface area contributed by atoms with Crippen LogP contribution in [-0.4, -0.2) is 39.6 Å². The van der Waals surface area contributed by atoms with Crippen molar-refractivity contribution in [1.29, 1.82) is 0 Å². The number of anilines is 2. The second-order valence-corrected chi connectivity index (χ2v) is 8.59. The van der Waals surface area contributed by atoms with Crippen LogP contribution in [0.4, 0.5) is 11.4 Å². The van der Waals surface area contributed by atoms with Crippen LogP contribution in [0.2, 0.25) is 0 Å². The molecule has 2 amide bonds. The lowest BCUT2D eigenvalue weighted by Crippen LogP contribution is -2.32. The molecule has 0 spiro atoms. The van der Waals surface area contributed by atoms with Crippen LogP contribution in [0.15, 0.2) is 46.9 Å². The third-order valence-corrected chi connectivity index (χ3v) is 5.41. The first-order valence-corrected chi connectivity index (χ1v) is 10.7. The predicted octanol–water partition coefficient (Wildman–Crippen LogP) is 2.59. The van der Waals surface area contributed by atoms with E-state index in [1.165, 1.54) is 32.2 Å². The maximum Gasteiger partial charge on any atom is 0.251 e. The van der Waals surface area contributed by atoms with Crippen molar-refractivity contribution >= 4 is 49.1 Å². The molecule has 0 radical (unpaired) electrons. The van der Waals surface area contributed by atoms with Gasteiger partial charge in [0.15, 0.2) is 0 Å².